The highest BCUT2D eigenvalue weighted by Gasteiger charge is 2.27. The van der Waals surface area contributed by atoms with Gasteiger partial charge in [-0.15, -0.1) is 0 Å². The van der Waals surface area contributed by atoms with E-state index in [0.29, 0.717) is 25.2 Å². The maximum absolute atomic E-state index is 12.6. The number of rotatable bonds is 6. The van der Waals surface area contributed by atoms with Gasteiger partial charge in [0, 0.05) is 11.6 Å². The van der Waals surface area contributed by atoms with E-state index in [0.717, 1.165) is 23.1 Å². The first-order valence-electron chi connectivity index (χ1n) is 8.81. The SMILES string of the molecule is CC(NC(=O)c1ccc2c(c1)CCOC2)C(Cc1ccccc1)C(=O)O. The molecule has 1 heterocycles. The Hall–Kier alpha value is -2.66. The number of hydrogen-bond donors (Lipinski definition) is 2. The van der Waals surface area contributed by atoms with Crippen molar-refractivity contribution in [2.75, 3.05) is 6.61 Å². The van der Waals surface area contributed by atoms with Crippen LogP contribution in [0, 0.1) is 5.92 Å². The summed E-state index contributed by atoms with van der Waals surface area (Å²) < 4.78 is 5.41. The van der Waals surface area contributed by atoms with Crippen LogP contribution in [0.3, 0.4) is 0 Å². The summed E-state index contributed by atoms with van der Waals surface area (Å²) in [6.07, 6.45) is 1.16. The molecule has 1 amide bonds. The molecule has 2 atom stereocenters. The minimum absolute atomic E-state index is 0.244. The maximum Gasteiger partial charge on any atom is 0.308 e. The fraction of sp³-hybridized carbons (Fsp3) is 0.333. The van der Waals surface area contributed by atoms with Crippen LogP contribution >= 0.6 is 0 Å². The van der Waals surface area contributed by atoms with Crippen LogP contribution in [0.4, 0.5) is 0 Å². The van der Waals surface area contributed by atoms with Crippen molar-refractivity contribution in [1.29, 1.82) is 0 Å². The Kier molecular flexibility index (Phi) is 5.68. The summed E-state index contributed by atoms with van der Waals surface area (Å²) in [5, 5.41) is 12.4. The Labute approximate surface area is 153 Å². The molecule has 0 bridgehead atoms. The van der Waals surface area contributed by atoms with Crippen LogP contribution < -0.4 is 5.32 Å². The molecule has 0 spiro atoms. The molecule has 5 heteroatoms. The first-order chi connectivity index (χ1) is 12.5. The summed E-state index contributed by atoms with van der Waals surface area (Å²) in [5.74, 6) is -1.84. The van der Waals surface area contributed by atoms with Crippen LogP contribution in [0.2, 0.25) is 0 Å². The van der Waals surface area contributed by atoms with E-state index in [9.17, 15) is 14.7 Å². The van der Waals surface area contributed by atoms with Crippen molar-refractivity contribution in [2.45, 2.75) is 32.4 Å². The Morgan fingerprint density at radius 2 is 1.92 bits per heavy atom. The lowest BCUT2D eigenvalue weighted by atomic mass is 9.92. The minimum atomic E-state index is -0.913. The van der Waals surface area contributed by atoms with E-state index in [1.807, 2.05) is 42.5 Å². The Morgan fingerprint density at radius 1 is 1.15 bits per heavy atom. The van der Waals surface area contributed by atoms with Gasteiger partial charge in [0.05, 0.1) is 19.1 Å². The molecule has 0 radical (unpaired) electrons. The molecule has 0 fully saturated rings. The third-order valence-electron chi connectivity index (χ3n) is 4.82. The molecule has 2 unspecified atom stereocenters. The number of carbonyl (C=O) groups excluding carboxylic acids is 1. The van der Waals surface area contributed by atoms with E-state index in [1.54, 1.807) is 13.0 Å². The second-order valence-electron chi connectivity index (χ2n) is 6.68. The van der Waals surface area contributed by atoms with Crippen LogP contribution in [-0.4, -0.2) is 29.6 Å². The van der Waals surface area contributed by atoms with Crippen molar-refractivity contribution in [3.8, 4) is 0 Å². The number of aliphatic carboxylic acids is 1. The number of carbonyl (C=O) groups is 2. The van der Waals surface area contributed by atoms with Crippen LogP contribution in [0.15, 0.2) is 48.5 Å². The molecular formula is C21H23NO4. The van der Waals surface area contributed by atoms with Gasteiger partial charge < -0.3 is 15.2 Å². The quantitative estimate of drug-likeness (QED) is 0.837. The van der Waals surface area contributed by atoms with Crippen LogP contribution in [0.5, 0.6) is 0 Å². The second kappa shape index (κ2) is 8.15. The van der Waals surface area contributed by atoms with Crippen LogP contribution in [0.1, 0.15) is 34.0 Å². The van der Waals surface area contributed by atoms with E-state index >= 15 is 0 Å². The van der Waals surface area contributed by atoms with Gasteiger partial charge in [-0.1, -0.05) is 36.4 Å². The van der Waals surface area contributed by atoms with Gasteiger partial charge in [-0.25, -0.2) is 0 Å². The van der Waals surface area contributed by atoms with Crippen molar-refractivity contribution in [1.82, 2.24) is 5.32 Å². The Bertz CT molecular complexity index is 788. The van der Waals surface area contributed by atoms with Crippen molar-refractivity contribution in [3.05, 3.63) is 70.8 Å². The molecule has 0 saturated heterocycles. The molecule has 5 nitrogen and oxygen atoms in total. The Morgan fingerprint density at radius 3 is 2.65 bits per heavy atom. The minimum Gasteiger partial charge on any atom is -0.481 e. The average Bonchev–Trinajstić information content (AvgIpc) is 2.66. The van der Waals surface area contributed by atoms with Gasteiger partial charge >= 0.3 is 5.97 Å². The van der Waals surface area contributed by atoms with E-state index in [2.05, 4.69) is 5.32 Å². The standard InChI is InChI=1S/C21H23NO4/c1-14(19(21(24)25)11-15-5-3-2-4-6-15)22-20(23)17-7-8-18-13-26-10-9-16(18)12-17/h2-8,12,14,19H,9-11,13H2,1H3,(H,22,23)(H,24,25). The van der Waals surface area contributed by atoms with E-state index in [-0.39, 0.29) is 5.91 Å². The molecule has 1 aliphatic rings. The first-order valence-corrected chi connectivity index (χ1v) is 8.81. The highest BCUT2D eigenvalue weighted by atomic mass is 16.5. The lowest BCUT2D eigenvalue weighted by Gasteiger charge is -2.22. The zero-order valence-electron chi connectivity index (χ0n) is 14.8. The fourth-order valence-electron chi connectivity index (χ4n) is 3.24. The van der Waals surface area contributed by atoms with E-state index in [4.69, 9.17) is 4.74 Å². The molecular weight excluding hydrogens is 330 g/mol. The molecule has 2 N–H and O–H groups in total. The van der Waals surface area contributed by atoms with Gasteiger partial charge in [0.2, 0.25) is 0 Å². The van der Waals surface area contributed by atoms with E-state index < -0.39 is 17.9 Å². The zero-order valence-corrected chi connectivity index (χ0v) is 14.8. The normalized spacial score (nSPS) is 15.6. The third-order valence-corrected chi connectivity index (χ3v) is 4.82. The molecule has 2 aromatic rings. The lowest BCUT2D eigenvalue weighted by molar-refractivity contribution is -0.142. The van der Waals surface area contributed by atoms with Gasteiger partial charge in [-0.2, -0.15) is 0 Å². The second-order valence-corrected chi connectivity index (χ2v) is 6.68. The van der Waals surface area contributed by atoms with E-state index in [1.165, 1.54) is 0 Å². The van der Waals surface area contributed by atoms with Crippen LogP contribution in [-0.2, 0) is 29.0 Å². The predicted octanol–water partition coefficient (Wildman–Crippen LogP) is 2.82. The highest BCUT2D eigenvalue weighted by molar-refractivity contribution is 5.95. The first kappa shape index (κ1) is 18.1. The van der Waals surface area contributed by atoms with Gasteiger partial charge in [0.1, 0.15) is 0 Å². The Balaban J connectivity index is 1.69. The van der Waals surface area contributed by atoms with Crippen molar-refractivity contribution in [2.24, 2.45) is 5.92 Å². The molecule has 0 aliphatic carbocycles. The number of fused-ring (bicyclic) bond motifs is 1. The molecule has 0 saturated carbocycles. The molecule has 1 aliphatic heterocycles. The average molecular weight is 353 g/mol. The third kappa shape index (κ3) is 4.29. The van der Waals surface area contributed by atoms with Crippen molar-refractivity contribution < 1.29 is 19.4 Å². The van der Waals surface area contributed by atoms with Gasteiger partial charge in [-0.05, 0) is 48.6 Å². The monoisotopic (exact) mass is 353 g/mol. The van der Waals surface area contributed by atoms with Crippen LogP contribution in [0.25, 0.3) is 0 Å². The predicted molar refractivity (Wildman–Crippen MR) is 98.0 cm³/mol. The van der Waals surface area contributed by atoms with Gasteiger partial charge in [0.15, 0.2) is 0 Å². The fourth-order valence-corrected chi connectivity index (χ4v) is 3.24. The summed E-state index contributed by atoms with van der Waals surface area (Å²) in [6, 6.07) is 14.5. The van der Waals surface area contributed by atoms with Crippen molar-refractivity contribution in [3.63, 3.8) is 0 Å². The number of amides is 1. The topological polar surface area (TPSA) is 75.6 Å². The molecule has 0 aromatic heterocycles. The lowest BCUT2D eigenvalue weighted by Crippen LogP contribution is -2.42. The largest absolute Gasteiger partial charge is 0.481 e. The molecule has 26 heavy (non-hydrogen) atoms. The van der Waals surface area contributed by atoms with Gasteiger partial charge in [-0.3, -0.25) is 9.59 Å². The number of carboxylic acid groups (broad SMARTS) is 1. The summed E-state index contributed by atoms with van der Waals surface area (Å²) in [6.45, 7) is 2.98. The highest BCUT2D eigenvalue weighted by Crippen LogP contribution is 2.19. The number of hydrogen-bond acceptors (Lipinski definition) is 3. The number of ether oxygens (including phenoxy) is 1. The smallest absolute Gasteiger partial charge is 0.308 e. The van der Waals surface area contributed by atoms with Gasteiger partial charge in [0.25, 0.3) is 5.91 Å². The summed E-state index contributed by atoms with van der Waals surface area (Å²) >= 11 is 0. The zero-order chi connectivity index (χ0) is 18.5. The molecule has 2 aromatic carbocycles. The van der Waals surface area contributed by atoms with Crippen molar-refractivity contribution >= 4 is 11.9 Å². The number of carboxylic acids is 1. The molecule has 3 rings (SSSR count). The maximum atomic E-state index is 12.6. The summed E-state index contributed by atoms with van der Waals surface area (Å²) in [7, 11) is 0. The summed E-state index contributed by atoms with van der Waals surface area (Å²) in [4.78, 5) is 24.3. The summed E-state index contributed by atoms with van der Waals surface area (Å²) in [5.41, 5.74) is 3.72. The number of nitrogens with one attached hydrogen (secondary N) is 1. The molecule has 136 valence electrons. The number of benzene rings is 2.